The number of rotatable bonds is 2. The molecule has 2 aliphatic heterocycles. The Balaban J connectivity index is 1.87. The number of β-amino-alcohol motifs (C(OH)–C–C–N with tert-alkyl or cyclic N) is 1. The maximum absolute atomic E-state index is 8.97. The average molecular weight is 235 g/mol. The van der Waals surface area contributed by atoms with Crippen LogP contribution in [0.1, 0.15) is 11.1 Å². The first-order chi connectivity index (χ1) is 8.36. The molecule has 0 bridgehead atoms. The predicted molar refractivity (Wildman–Crippen MR) is 63.5 cm³/mol. The Morgan fingerprint density at radius 3 is 2.53 bits per heavy atom. The molecule has 0 amide bonds. The minimum atomic E-state index is 0.222. The van der Waals surface area contributed by atoms with Gasteiger partial charge in [0.15, 0.2) is 11.5 Å². The summed E-state index contributed by atoms with van der Waals surface area (Å²) in [5, 5.41) is 8.97. The van der Waals surface area contributed by atoms with Gasteiger partial charge >= 0.3 is 0 Å². The van der Waals surface area contributed by atoms with E-state index in [0.29, 0.717) is 13.2 Å². The molecule has 1 aromatic rings. The van der Waals surface area contributed by atoms with Gasteiger partial charge in [-0.2, -0.15) is 0 Å². The standard InChI is InChI=1S/C13H17NO3/c15-4-3-14-2-1-10-7-12-13(8-11(10)9-14)17-6-5-16-12/h7-8,15H,1-6,9H2. The molecule has 0 unspecified atom stereocenters. The number of nitrogens with zero attached hydrogens (tertiary/aromatic N) is 1. The molecule has 1 N–H and O–H groups in total. The Bertz CT molecular complexity index is 419. The van der Waals surface area contributed by atoms with Crippen LogP contribution in [0.3, 0.4) is 0 Å². The SMILES string of the molecule is OCCN1CCc2cc3c(cc2C1)OCCO3. The van der Waals surface area contributed by atoms with E-state index in [4.69, 9.17) is 14.6 Å². The number of hydrogen-bond donors (Lipinski definition) is 1. The molecule has 1 aromatic carbocycles. The summed E-state index contributed by atoms with van der Waals surface area (Å²) >= 11 is 0. The molecule has 0 saturated heterocycles. The summed E-state index contributed by atoms with van der Waals surface area (Å²) in [6, 6.07) is 4.20. The molecule has 0 aliphatic carbocycles. The van der Waals surface area contributed by atoms with E-state index in [1.807, 2.05) is 0 Å². The number of benzene rings is 1. The molecule has 0 saturated carbocycles. The highest BCUT2D eigenvalue weighted by Gasteiger charge is 2.20. The second-order valence-electron chi connectivity index (χ2n) is 4.51. The number of fused-ring (bicyclic) bond motifs is 2. The fraction of sp³-hybridized carbons (Fsp3) is 0.538. The molecule has 17 heavy (non-hydrogen) atoms. The van der Waals surface area contributed by atoms with Crippen LogP contribution in [0.25, 0.3) is 0 Å². The number of hydrogen-bond acceptors (Lipinski definition) is 4. The Morgan fingerprint density at radius 2 is 1.82 bits per heavy atom. The van der Waals surface area contributed by atoms with Crippen LogP contribution in [-0.4, -0.2) is 42.9 Å². The molecule has 4 heteroatoms. The number of aliphatic hydroxyl groups is 1. The summed E-state index contributed by atoms with van der Waals surface area (Å²) in [5.41, 5.74) is 2.65. The fourth-order valence-electron chi connectivity index (χ4n) is 2.48. The van der Waals surface area contributed by atoms with E-state index in [9.17, 15) is 0 Å². The van der Waals surface area contributed by atoms with Crippen LogP contribution >= 0.6 is 0 Å². The monoisotopic (exact) mass is 235 g/mol. The highest BCUT2D eigenvalue weighted by atomic mass is 16.6. The zero-order valence-electron chi connectivity index (χ0n) is 9.82. The lowest BCUT2D eigenvalue weighted by Gasteiger charge is -2.30. The third kappa shape index (κ3) is 2.10. The van der Waals surface area contributed by atoms with Crippen molar-refractivity contribution in [1.29, 1.82) is 0 Å². The van der Waals surface area contributed by atoms with Gasteiger partial charge in [-0.15, -0.1) is 0 Å². The minimum Gasteiger partial charge on any atom is -0.486 e. The van der Waals surface area contributed by atoms with Crippen LogP contribution in [0.15, 0.2) is 12.1 Å². The molecule has 0 spiro atoms. The van der Waals surface area contributed by atoms with Gasteiger partial charge in [0.05, 0.1) is 6.61 Å². The maximum atomic E-state index is 8.97. The largest absolute Gasteiger partial charge is 0.486 e. The Morgan fingerprint density at radius 1 is 1.12 bits per heavy atom. The molecular formula is C13H17NO3. The first-order valence-corrected chi connectivity index (χ1v) is 6.11. The summed E-state index contributed by atoms with van der Waals surface area (Å²) in [7, 11) is 0. The van der Waals surface area contributed by atoms with Gasteiger partial charge in [-0.3, -0.25) is 4.90 Å². The van der Waals surface area contributed by atoms with E-state index in [2.05, 4.69) is 17.0 Å². The van der Waals surface area contributed by atoms with E-state index in [-0.39, 0.29) is 6.61 Å². The molecule has 0 fully saturated rings. The van der Waals surface area contributed by atoms with Crippen LogP contribution in [0.4, 0.5) is 0 Å². The number of aliphatic hydroxyl groups excluding tert-OH is 1. The van der Waals surface area contributed by atoms with Crippen molar-refractivity contribution in [3.63, 3.8) is 0 Å². The quantitative estimate of drug-likeness (QED) is 0.823. The van der Waals surface area contributed by atoms with E-state index >= 15 is 0 Å². The van der Waals surface area contributed by atoms with E-state index in [1.54, 1.807) is 0 Å². The van der Waals surface area contributed by atoms with Gasteiger partial charge in [0.25, 0.3) is 0 Å². The first-order valence-electron chi connectivity index (χ1n) is 6.11. The van der Waals surface area contributed by atoms with Crippen molar-refractivity contribution in [1.82, 2.24) is 4.90 Å². The van der Waals surface area contributed by atoms with Crippen molar-refractivity contribution in [3.8, 4) is 11.5 Å². The Hall–Kier alpha value is -1.26. The molecule has 0 aromatic heterocycles. The summed E-state index contributed by atoms with van der Waals surface area (Å²) in [5.74, 6) is 1.74. The van der Waals surface area contributed by atoms with Gasteiger partial charge < -0.3 is 14.6 Å². The van der Waals surface area contributed by atoms with Crippen molar-refractivity contribution in [3.05, 3.63) is 23.3 Å². The molecule has 0 atom stereocenters. The molecule has 4 nitrogen and oxygen atoms in total. The lowest BCUT2D eigenvalue weighted by atomic mass is 9.98. The fourth-order valence-corrected chi connectivity index (χ4v) is 2.48. The maximum Gasteiger partial charge on any atom is 0.161 e. The van der Waals surface area contributed by atoms with Crippen LogP contribution in [0.5, 0.6) is 11.5 Å². The van der Waals surface area contributed by atoms with Gasteiger partial charge in [-0.1, -0.05) is 0 Å². The molecule has 0 radical (unpaired) electrons. The van der Waals surface area contributed by atoms with E-state index in [0.717, 1.165) is 37.6 Å². The van der Waals surface area contributed by atoms with Gasteiger partial charge in [-0.25, -0.2) is 0 Å². The summed E-state index contributed by atoms with van der Waals surface area (Å²) in [6.07, 6.45) is 1.02. The van der Waals surface area contributed by atoms with Crippen molar-refractivity contribution in [2.75, 3.05) is 32.9 Å². The molecule has 3 rings (SSSR count). The number of ether oxygens (including phenoxy) is 2. The van der Waals surface area contributed by atoms with Crippen molar-refractivity contribution < 1.29 is 14.6 Å². The second kappa shape index (κ2) is 4.55. The zero-order valence-corrected chi connectivity index (χ0v) is 9.82. The van der Waals surface area contributed by atoms with Gasteiger partial charge in [0.1, 0.15) is 13.2 Å². The third-order valence-electron chi connectivity index (χ3n) is 3.37. The topological polar surface area (TPSA) is 41.9 Å². The van der Waals surface area contributed by atoms with E-state index in [1.165, 1.54) is 11.1 Å². The smallest absolute Gasteiger partial charge is 0.161 e. The lowest BCUT2D eigenvalue weighted by molar-refractivity contribution is 0.167. The highest BCUT2D eigenvalue weighted by molar-refractivity contribution is 5.48. The minimum absolute atomic E-state index is 0.222. The Kier molecular flexibility index (Phi) is 2.91. The van der Waals surface area contributed by atoms with E-state index < -0.39 is 0 Å². The summed E-state index contributed by atoms with van der Waals surface area (Å²) in [6.45, 7) is 4.14. The highest BCUT2D eigenvalue weighted by Crippen LogP contribution is 2.35. The summed E-state index contributed by atoms with van der Waals surface area (Å²) in [4.78, 5) is 2.26. The molecule has 2 heterocycles. The third-order valence-corrected chi connectivity index (χ3v) is 3.37. The van der Waals surface area contributed by atoms with Crippen molar-refractivity contribution >= 4 is 0 Å². The van der Waals surface area contributed by atoms with Crippen LogP contribution < -0.4 is 9.47 Å². The lowest BCUT2D eigenvalue weighted by Crippen LogP contribution is -2.33. The average Bonchev–Trinajstić information content (AvgIpc) is 2.36. The molecular weight excluding hydrogens is 218 g/mol. The molecule has 2 aliphatic rings. The Labute approximate surface area is 101 Å². The predicted octanol–water partition coefficient (Wildman–Crippen LogP) is 0.808. The summed E-state index contributed by atoms with van der Waals surface area (Å²) < 4.78 is 11.2. The first kappa shape index (κ1) is 10.9. The normalized spacial score (nSPS) is 18.9. The second-order valence-corrected chi connectivity index (χ2v) is 4.51. The zero-order chi connectivity index (χ0) is 11.7. The van der Waals surface area contributed by atoms with Crippen molar-refractivity contribution in [2.45, 2.75) is 13.0 Å². The van der Waals surface area contributed by atoms with Gasteiger partial charge in [0, 0.05) is 19.6 Å². The van der Waals surface area contributed by atoms with Crippen molar-refractivity contribution in [2.24, 2.45) is 0 Å². The van der Waals surface area contributed by atoms with Crippen LogP contribution in [-0.2, 0) is 13.0 Å². The van der Waals surface area contributed by atoms with Gasteiger partial charge in [0.2, 0.25) is 0 Å². The van der Waals surface area contributed by atoms with Gasteiger partial charge in [-0.05, 0) is 29.7 Å². The van der Waals surface area contributed by atoms with Crippen LogP contribution in [0.2, 0.25) is 0 Å². The van der Waals surface area contributed by atoms with Crippen LogP contribution in [0, 0.1) is 0 Å². The molecule has 92 valence electrons.